The van der Waals surface area contributed by atoms with Gasteiger partial charge < -0.3 is 33.9 Å². The van der Waals surface area contributed by atoms with Gasteiger partial charge in [-0.3, -0.25) is 4.79 Å². The summed E-state index contributed by atoms with van der Waals surface area (Å²) in [5.74, 6) is -0.827. The number of aliphatic hydroxyl groups is 1. The maximum absolute atomic E-state index is 12.5. The Bertz CT molecular complexity index is 901. The number of hydrogen-bond donors (Lipinski definition) is 2. The number of esters is 1. The minimum Gasteiger partial charge on any atom is -0.496 e. The number of ether oxygens (including phenoxy) is 5. The monoisotopic (exact) mass is 452 g/mol. The zero-order valence-corrected chi connectivity index (χ0v) is 19.6. The summed E-state index contributed by atoms with van der Waals surface area (Å²) in [6, 6.07) is 0. The predicted molar refractivity (Wildman–Crippen MR) is 115 cm³/mol. The summed E-state index contributed by atoms with van der Waals surface area (Å²) in [7, 11) is 3.01. The van der Waals surface area contributed by atoms with Crippen LogP contribution in [0.3, 0.4) is 0 Å². The Hall–Kier alpha value is -2.62. The van der Waals surface area contributed by atoms with Gasteiger partial charge >= 0.3 is 11.9 Å². The number of carbonyl (C=O) groups is 2. The van der Waals surface area contributed by atoms with E-state index in [9.17, 15) is 19.8 Å². The van der Waals surface area contributed by atoms with Crippen LogP contribution in [-0.2, 0) is 32.0 Å². The molecule has 9 nitrogen and oxygen atoms in total. The minimum absolute atomic E-state index is 0.114. The van der Waals surface area contributed by atoms with Crippen molar-refractivity contribution in [2.45, 2.75) is 60.0 Å². The lowest BCUT2D eigenvalue weighted by atomic mass is 9.82. The molecule has 178 valence electrons. The molecule has 1 heterocycles. The molecule has 0 saturated heterocycles. The summed E-state index contributed by atoms with van der Waals surface area (Å²) < 4.78 is 27.2. The van der Waals surface area contributed by atoms with Crippen molar-refractivity contribution in [3.8, 4) is 11.5 Å². The van der Waals surface area contributed by atoms with E-state index >= 15 is 0 Å². The van der Waals surface area contributed by atoms with E-state index < -0.39 is 29.7 Å². The van der Waals surface area contributed by atoms with Crippen molar-refractivity contribution in [2.75, 3.05) is 21.0 Å². The first kappa shape index (κ1) is 25.6. The number of carboxylic acids is 1. The van der Waals surface area contributed by atoms with Crippen LogP contribution in [0, 0.1) is 12.3 Å². The first-order valence-electron chi connectivity index (χ1n) is 10.2. The van der Waals surface area contributed by atoms with Crippen LogP contribution in [0.1, 0.15) is 54.7 Å². The van der Waals surface area contributed by atoms with Crippen molar-refractivity contribution in [3.63, 3.8) is 0 Å². The third kappa shape index (κ3) is 5.06. The second-order valence-electron chi connectivity index (χ2n) is 8.21. The number of fused-ring (bicyclic) bond motifs is 1. The van der Waals surface area contributed by atoms with Gasteiger partial charge in [-0.1, -0.05) is 6.08 Å². The average Bonchev–Trinajstić information content (AvgIpc) is 3.14. The van der Waals surface area contributed by atoms with Gasteiger partial charge in [0, 0.05) is 18.2 Å². The smallest absolute Gasteiger partial charge is 0.342 e. The highest BCUT2D eigenvalue weighted by Crippen LogP contribution is 2.43. The molecule has 0 saturated carbocycles. The largest absolute Gasteiger partial charge is 0.496 e. The second kappa shape index (κ2) is 10.3. The highest BCUT2D eigenvalue weighted by Gasteiger charge is 2.37. The van der Waals surface area contributed by atoms with Crippen LogP contribution in [0.4, 0.5) is 0 Å². The molecule has 0 fully saturated rings. The van der Waals surface area contributed by atoms with Gasteiger partial charge in [0.1, 0.15) is 23.7 Å². The summed E-state index contributed by atoms with van der Waals surface area (Å²) in [4.78, 5) is 24.0. The third-order valence-corrected chi connectivity index (χ3v) is 5.76. The second-order valence-corrected chi connectivity index (χ2v) is 8.21. The molecule has 0 bridgehead atoms. The van der Waals surface area contributed by atoms with E-state index in [0.29, 0.717) is 28.0 Å². The molecule has 1 aliphatic heterocycles. The van der Waals surface area contributed by atoms with Gasteiger partial charge in [-0.2, -0.15) is 0 Å². The van der Waals surface area contributed by atoms with Gasteiger partial charge in [-0.15, -0.1) is 0 Å². The number of carbonyl (C=O) groups excluding carboxylic acids is 1. The fraction of sp³-hybridized carbons (Fsp3) is 0.565. The molecular weight excluding hydrogens is 420 g/mol. The standard InChI is InChI=1S/C23H32O9/c1-12(20(24)23(4,5)22(26)27)8-9-15-18(29-7)13(2)16-10-30-21(25)17(16)19(15)32-11-31-14(3)28-6/h8,14,20,24H,9-11H2,1-7H3,(H,26,27)/b12-8+. The first-order valence-corrected chi connectivity index (χ1v) is 10.2. The molecule has 2 atom stereocenters. The van der Waals surface area contributed by atoms with Gasteiger partial charge in [0.15, 0.2) is 13.1 Å². The van der Waals surface area contributed by atoms with Crippen molar-refractivity contribution in [1.82, 2.24) is 0 Å². The van der Waals surface area contributed by atoms with E-state index in [1.807, 2.05) is 6.92 Å². The fourth-order valence-corrected chi connectivity index (χ4v) is 3.49. The molecule has 0 radical (unpaired) electrons. The lowest BCUT2D eigenvalue weighted by Gasteiger charge is -2.27. The number of methoxy groups -OCH3 is 2. The molecule has 9 heteroatoms. The zero-order chi connectivity index (χ0) is 24.2. The van der Waals surface area contributed by atoms with Crippen molar-refractivity contribution < 1.29 is 43.5 Å². The number of carboxylic acid groups (broad SMARTS) is 1. The van der Waals surface area contributed by atoms with E-state index in [-0.39, 0.29) is 25.6 Å². The predicted octanol–water partition coefficient (Wildman–Crippen LogP) is 2.98. The fourth-order valence-electron chi connectivity index (χ4n) is 3.49. The quantitative estimate of drug-likeness (QED) is 0.296. The summed E-state index contributed by atoms with van der Waals surface area (Å²) in [6.07, 6.45) is 0.200. The van der Waals surface area contributed by atoms with E-state index in [2.05, 4.69) is 0 Å². The van der Waals surface area contributed by atoms with Crippen LogP contribution in [0.25, 0.3) is 0 Å². The molecular formula is C23H32O9. The number of aliphatic hydroxyl groups excluding tert-OH is 1. The minimum atomic E-state index is -1.37. The molecule has 2 N–H and O–H groups in total. The topological polar surface area (TPSA) is 121 Å². The van der Waals surface area contributed by atoms with Gasteiger partial charge in [0.2, 0.25) is 0 Å². The molecule has 0 aromatic heterocycles. The average molecular weight is 453 g/mol. The summed E-state index contributed by atoms with van der Waals surface area (Å²) >= 11 is 0. The van der Waals surface area contributed by atoms with Crippen LogP contribution in [-0.4, -0.2) is 55.6 Å². The van der Waals surface area contributed by atoms with Gasteiger partial charge in [0.25, 0.3) is 0 Å². The molecule has 1 aliphatic rings. The lowest BCUT2D eigenvalue weighted by molar-refractivity contribution is -0.152. The number of hydrogen-bond acceptors (Lipinski definition) is 8. The Morgan fingerprint density at radius 3 is 2.50 bits per heavy atom. The maximum atomic E-state index is 12.5. The Morgan fingerprint density at radius 2 is 1.94 bits per heavy atom. The highest BCUT2D eigenvalue weighted by atomic mass is 16.7. The van der Waals surface area contributed by atoms with Crippen molar-refractivity contribution >= 4 is 11.9 Å². The van der Waals surface area contributed by atoms with Crippen LogP contribution >= 0.6 is 0 Å². The summed E-state index contributed by atoms with van der Waals surface area (Å²) in [5.41, 5.74) is 1.40. The molecule has 0 amide bonds. The molecule has 0 spiro atoms. The van der Waals surface area contributed by atoms with E-state index in [4.69, 9.17) is 23.7 Å². The molecule has 32 heavy (non-hydrogen) atoms. The molecule has 2 unspecified atom stereocenters. The van der Waals surface area contributed by atoms with Gasteiger partial charge in [0.05, 0.1) is 18.6 Å². The summed E-state index contributed by atoms with van der Waals surface area (Å²) in [5, 5.41) is 20.0. The van der Waals surface area contributed by atoms with Crippen LogP contribution in [0.5, 0.6) is 11.5 Å². The molecule has 1 aromatic rings. The Balaban J connectivity index is 2.50. The maximum Gasteiger partial charge on any atom is 0.342 e. The van der Waals surface area contributed by atoms with Crippen molar-refractivity contribution in [3.05, 3.63) is 33.9 Å². The van der Waals surface area contributed by atoms with E-state index in [1.165, 1.54) is 28.1 Å². The van der Waals surface area contributed by atoms with E-state index in [0.717, 1.165) is 5.56 Å². The number of benzene rings is 1. The molecule has 0 aliphatic carbocycles. The first-order chi connectivity index (χ1) is 15.0. The highest BCUT2D eigenvalue weighted by molar-refractivity contribution is 5.98. The van der Waals surface area contributed by atoms with Gasteiger partial charge in [-0.05, 0) is 52.2 Å². The Kier molecular flexibility index (Phi) is 8.28. The Morgan fingerprint density at radius 1 is 1.28 bits per heavy atom. The van der Waals surface area contributed by atoms with E-state index in [1.54, 1.807) is 19.9 Å². The van der Waals surface area contributed by atoms with Crippen molar-refractivity contribution in [1.29, 1.82) is 0 Å². The normalized spacial score (nSPS) is 15.8. The Labute approximate surface area is 187 Å². The number of aliphatic carboxylic acids is 1. The van der Waals surface area contributed by atoms with Crippen LogP contribution < -0.4 is 9.47 Å². The number of allylic oxidation sites excluding steroid dienone is 1. The summed E-state index contributed by atoms with van der Waals surface area (Å²) in [6.45, 7) is 8.03. The van der Waals surface area contributed by atoms with Crippen molar-refractivity contribution in [2.24, 2.45) is 5.41 Å². The molecule has 1 aromatic carbocycles. The SMILES string of the molecule is COc1c(C)c2c(c(OCOC(C)OC)c1C/C=C(\C)C(O)C(C)(C)C(=O)O)C(=O)OC2. The van der Waals surface area contributed by atoms with Crippen LogP contribution in [0.2, 0.25) is 0 Å². The lowest BCUT2D eigenvalue weighted by Crippen LogP contribution is -2.37. The van der Waals surface area contributed by atoms with Gasteiger partial charge in [-0.25, -0.2) is 4.79 Å². The molecule has 2 rings (SSSR count). The number of rotatable bonds is 11. The third-order valence-electron chi connectivity index (χ3n) is 5.76. The van der Waals surface area contributed by atoms with Crippen LogP contribution in [0.15, 0.2) is 11.6 Å². The zero-order valence-electron chi connectivity index (χ0n) is 19.6. The number of cyclic esters (lactones) is 1.